The topological polar surface area (TPSA) is 47.9 Å². The molecule has 2 rings (SSSR count). The summed E-state index contributed by atoms with van der Waals surface area (Å²) in [7, 11) is 1.96. The van der Waals surface area contributed by atoms with Gasteiger partial charge < -0.3 is 15.1 Å². The zero-order chi connectivity index (χ0) is 16.2. The van der Waals surface area contributed by atoms with Crippen molar-refractivity contribution in [3.63, 3.8) is 0 Å². The first-order valence-corrected chi connectivity index (χ1v) is 8.83. The molecule has 0 aliphatic heterocycles. The second kappa shape index (κ2) is 7.34. The molecule has 0 saturated heterocycles. The van der Waals surface area contributed by atoms with Gasteiger partial charge in [0.25, 0.3) is 0 Å². The maximum atomic E-state index is 12.3. The number of hydrogen-bond donors (Lipinski definition) is 1. The van der Waals surface area contributed by atoms with E-state index in [2.05, 4.69) is 12.2 Å². The van der Waals surface area contributed by atoms with Gasteiger partial charge in [-0.25, -0.2) is 0 Å². The lowest BCUT2D eigenvalue weighted by atomic mass is 10.0. The van der Waals surface area contributed by atoms with E-state index in [0.29, 0.717) is 12.0 Å². The maximum absolute atomic E-state index is 12.3. The van der Waals surface area contributed by atoms with Crippen molar-refractivity contribution in [2.45, 2.75) is 46.5 Å². The van der Waals surface area contributed by atoms with Crippen molar-refractivity contribution in [3.05, 3.63) is 0 Å². The van der Waals surface area contributed by atoms with Crippen molar-refractivity contribution >= 4 is 11.9 Å². The van der Waals surface area contributed by atoms with Crippen LogP contribution in [0, 0.1) is 11.3 Å². The molecule has 0 aromatic carbocycles. The number of guanidine groups is 1. The molecule has 126 valence electrons. The van der Waals surface area contributed by atoms with E-state index < -0.39 is 0 Å². The minimum absolute atomic E-state index is 0.168. The van der Waals surface area contributed by atoms with Crippen LogP contribution in [0.5, 0.6) is 0 Å². The molecule has 1 N–H and O–H groups in total. The maximum Gasteiger partial charge on any atom is 0.242 e. The molecule has 2 fully saturated rings. The number of nitrogens with zero attached hydrogens (tertiary/aromatic N) is 3. The van der Waals surface area contributed by atoms with Crippen LogP contribution in [-0.2, 0) is 4.79 Å². The second-order valence-corrected chi connectivity index (χ2v) is 6.73. The predicted octanol–water partition coefficient (Wildman–Crippen LogP) is 1.94. The van der Waals surface area contributed by atoms with Crippen molar-refractivity contribution in [3.8, 4) is 0 Å². The third kappa shape index (κ3) is 4.14. The molecule has 2 aliphatic carbocycles. The lowest BCUT2D eigenvalue weighted by Crippen LogP contribution is -2.45. The zero-order valence-electron chi connectivity index (χ0n) is 14.7. The van der Waals surface area contributed by atoms with Crippen LogP contribution in [0.3, 0.4) is 0 Å². The highest BCUT2D eigenvalue weighted by Gasteiger charge is 2.53. The molecule has 1 amide bonds. The van der Waals surface area contributed by atoms with E-state index in [-0.39, 0.29) is 5.91 Å². The van der Waals surface area contributed by atoms with Crippen LogP contribution in [0.25, 0.3) is 0 Å². The molecular weight excluding hydrogens is 276 g/mol. The fourth-order valence-corrected chi connectivity index (χ4v) is 3.21. The van der Waals surface area contributed by atoms with Crippen molar-refractivity contribution in [2.75, 3.05) is 39.8 Å². The SMILES string of the molecule is CCNC(=NCC1(C2CC2)CC1)N(C)CC(=O)N(CC)CC. The Balaban J connectivity index is 1.92. The number of amides is 1. The van der Waals surface area contributed by atoms with E-state index in [0.717, 1.165) is 38.1 Å². The first-order valence-electron chi connectivity index (χ1n) is 8.83. The molecule has 0 heterocycles. The number of likely N-dealkylation sites (N-methyl/N-ethyl adjacent to an activating group) is 2. The Kier molecular flexibility index (Phi) is 5.70. The smallest absolute Gasteiger partial charge is 0.242 e. The number of nitrogens with one attached hydrogen (secondary N) is 1. The van der Waals surface area contributed by atoms with Crippen LogP contribution < -0.4 is 5.32 Å². The summed E-state index contributed by atoms with van der Waals surface area (Å²) in [5.41, 5.74) is 0.504. The van der Waals surface area contributed by atoms with Gasteiger partial charge in [-0.3, -0.25) is 9.79 Å². The summed E-state index contributed by atoms with van der Waals surface area (Å²) < 4.78 is 0. The fourth-order valence-electron chi connectivity index (χ4n) is 3.21. The van der Waals surface area contributed by atoms with Crippen molar-refractivity contribution in [1.29, 1.82) is 0 Å². The number of carbonyl (C=O) groups is 1. The fraction of sp³-hybridized carbons (Fsp3) is 0.882. The summed E-state index contributed by atoms with van der Waals surface area (Å²) >= 11 is 0. The van der Waals surface area contributed by atoms with Gasteiger partial charge >= 0.3 is 0 Å². The standard InChI is InChI=1S/C17H32N4O/c1-5-18-16(19-13-17(10-11-17)14-8-9-14)20(4)12-15(22)21(6-2)7-3/h14H,5-13H2,1-4H3,(H,18,19). The molecule has 2 aliphatic rings. The Labute approximate surface area is 135 Å². The third-order valence-electron chi connectivity index (χ3n) is 5.06. The Morgan fingerprint density at radius 2 is 1.86 bits per heavy atom. The highest BCUT2D eigenvalue weighted by Crippen LogP contribution is 2.61. The largest absolute Gasteiger partial charge is 0.357 e. The van der Waals surface area contributed by atoms with E-state index in [1.807, 2.05) is 30.7 Å². The van der Waals surface area contributed by atoms with Crippen LogP contribution in [0.1, 0.15) is 46.5 Å². The van der Waals surface area contributed by atoms with E-state index >= 15 is 0 Å². The average Bonchev–Trinajstić information content (AvgIpc) is 3.38. The van der Waals surface area contributed by atoms with Gasteiger partial charge in [0.05, 0.1) is 6.54 Å². The average molecular weight is 308 g/mol. The lowest BCUT2D eigenvalue weighted by molar-refractivity contribution is -0.131. The summed E-state index contributed by atoms with van der Waals surface area (Å²) in [6.45, 7) is 9.79. The van der Waals surface area contributed by atoms with Crippen LogP contribution in [0.4, 0.5) is 0 Å². The Hall–Kier alpha value is -1.26. The van der Waals surface area contributed by atoms with Crippen LogP contribution in [0.15, 0.2) is 4.99 Å². The van der Waals surface area contributed by atoms with Gasteiger partial charge in [-0.15, -0.1) is 0 Å². The van der Waals surface area contributed by atoms with Crippen LogP contribution in [0.2, 0.25) is 0 Å². The summed E-state index contributed by atoms with van der Waals surface area (Å²) in [4.78, 5) is 20.9. The van der Waals surface area contributed by atoms with Gasteiger partial charge in [0.2, 0.25) is 5.91 Å². The molecule has 22 heavy (non-hydrogen) atoms. The van der Waals surface area contributed by atoms with Gasteiger partial charge in [0, 0.05) is 33.2 Å². The molecule has 0 atom stereocenters. The molecular formula is C17H32N4O. The predicted molar refractivity (Wildman–Crippen MR) is 90.9 cm³/mol. The minimum Gasteiger partial charge on any atom is -0.357 e. The van der Waals surface area contributed by atoms with E-state index in [1.54, 1.807) is 0 Å². The summed E-state index contributed by atoms with van der Waals surface area (Å²) in [6.07, 6.45) is 5.45. The molecule has 0 aromatic heterocycles. The van der Waals surface area contributed by atoms with Gasteiger partial charge in [0.1, 0.15) is 0 Å². The summed E-state index contributed by atoms with van der Waals surface area (Å²) in [5, 5.41) is 3.33. The number of aliphatic imine (C=N–C) groups is 1. The normalized spacial score (nSPS) is 19.7. The summed E-state index contributed by atoms with van der Waals surface area (Å²) in [6, 6.07) is 0. The van der Waals surface area contributed by atoms with Crippen molar-refractivity contribution in [2.24, 2.45) is 16.3 Å². The first kappa shape index (κ1) is 17.1. The van der Waals surface area contributed by atoms with Gasteiger partial charge in [-0.2, -0.15) is 0 Å². The number of rotatable bonds is 8. The van der Waals surface area contributed by atoms with Crippen LogP contribution >= 0.6 is 0 Å². The molecule has 0 radical (unpaired) electrons. The monoisotopic (exact) mass is 308 g/mol. The van der Waals surface area contributed by atoms with Crippen molar-refractivity contribution in [1.82, 2.24) is 15.1 Å². The molecule has 0 unspecified atom stereocenters. The van der Waals surface area contributed by atoms with Crippen LogP contribution in [-0.4, -0.2) is 61.4 Å². The molecule has 0 bridgehead atoms. The third-order valence-corrected chi connectivity index (χ3v) is 5.06. The zero-order valence-corrected chi connectivity index (χ0v) is 14.7. The molecule has 2 saturated carbocycles. The Morgan fingerprint density at radius 3 is 2.32 bits per heavy atom. The number of hydrogen-bond acceptors (Lipinski definition) is 2. The Bertz CT molecular complexity index is 409. The first-order chi connectivity index (χ1) is 10.6. The van der Waals surface area contributed by atoms with Crippen molar-refractivity contribution < 1.29 is 4.79 Å². The highest BCUT2D eigenvalue weighted by atomic mass is 16.2. The molecule has 5 nitrogen and oxygen atoms in total. The second-order valence-electron chi connectivity index (χ2n) is 6.73. The van der Waals surface area contributed by atoms with Gasteiger partial charge in [-0.1, -0.05) is 0 Å². The number of carbonyl (C=O) groups excluding carboxylic acids is 1. The molecule has 0 spiro atoms. The Morgan fingerprint density at radius 1 is 1.23 bits per heavy atom. The molecule has 0 aromatic rings. The lowest BCUT2D eigenvalue weighted by Gasteiger charge is -2.26. The van der Waals surface area contributed by atoms with E-state index in [4.69, 9.17) is 4.99 Å². The minimum atomic E-state index is 0.168. The van der Waals surface area contributed by atoms with Gasteiger partial charge in [0.15, 0.2) is 5.96 Å². The van der Waals surface area contributed by atoms with E-state index in [1.165, 1.54) is 25.7 Å². The quantitative estimate of drug-likeness (QED) is 0.551. The molecule has 5 heteroatoms. The van der Waals surface area contributed by atoms with Gasteiger partial charge in [-0.05, 0) is 57.8 Å². The summed E-state index contributed by atoms with van der Waals surface area (Å²) in [5.74, 6) is 1.96. The highest BCUT2D eigenvalue weighted by molar-refractivity contribution is 5.86. The van der Waals surface area contributed by atoms with E-state index in [9.17, 15) is 4.79 Å².